The van der Waals surface area contributed by atoms with E-state index in [2.05, 4.69) is 10.2 Å². The van der Waals surface area contributed by atoms with E-state index in [9.17, 15) is 0 Å². The predicted molar refractivity (Wildman–Crippen MR) is 43.5 cm³/mol. The smallest absolute Gasteiger partial charge is 0.0599 e. The molecule has 0 saturated carbocycles. The maximum atomic E-state index is 9.05. The molecular formula is C8H16N2O. The summed E-state index contributed by atoms with van der Waals surface area (Å²) in [5, 5.41) is 12.4. The Morgan fingerprint density at radius 1 is 1.45 bits per heavy atom. The zero-order valence-electron chi connectivity index (χ0n) is 6.79. The van der Waals surface area contributed by atoms with Gasteiger partial charge in [0.25, 0.3) is 0 Å². The van der Waals surface area contributed by atoms with Gasteiger partial charge in [-0.25, -0.2) is 0 Å². The topological polar surface area (TPSA) is 35.5 Å². The molecular weight excluding hydrogens is 140 g/mol. The lowest BCUT2D eigenvalue weighted by molar-refractivity contribution is 0.116. The van der Waals surface area contributed by atoms with E-state index in [0.717, 1.165) is 6.54 Å². The van der Waals surface area contributed by atoms with Crippen LogP contribution in [0.3, 0.4) is 0 Å². The van der Waals surface area contributed by atoms with Crippen molar-refractivity contribution in [2.45, 2.75) is 24.9 Å². The van der Waals surface area contributed by atoms with E-state index in [4.69, 9.17) is 5.11 Å². The Kier molecular flexibility index (Phi) is 2.11. The highest BCUT2D eigenvalue weighted by atomic mass is 16.3. The second-order valence-electron chi connectivity index (χ2n) is 3.49. The van der Waals surface area contributed by atoms with Crippen LogP contribution in [0, 0.1) is 0 Å². The second-order valence-corrected chi connectivity index (χ2v) is 3.49. The second kappa shape index (κ2) is 3.09. The normalized spacial score (nSPS) is 39.0. The average molecular weight is 156 g/mol. The monoisotopic (exact) mass is 156 g/mol. The molecule has 2 aliphatic heterocycles. The number of fused-ring (bicyclic) bond motifs is 1. The maximum absolute atomic E-state index is 9.05. The minimum absolute atomic E-state index is 0.293. The van der Waals surface area contributed by atoms with Gasteiger partial charge in [0.15, 0.2) is 0 Å². The molecule has 2 heterocycles. The first-order valence-corrected chi connectivity index (χ1v) is 4.50. The van der Waals surface area contributed by atoms with Gasteiger partial charge in [0.1, 0.15) is 0 Å². The minimum atomic E-state index is 0.293. The van der Waals surface area contributed by atoms with Crippen molar-refractivity contribution in [3.05, 3.63) is 0 Å². The van der Waals surface area contributed by atoms with E-state index < -0.39 is 0 Å². The van der Waals surface area contributed by atoms with Gasteiger partial charge in [0.05, 0.1) is 6.61 Å². The van der Waals surface area contributed by atoms with Gasteiger partial charge in [-0.3, -0.25) is 4.90 Å². The molecule has 2 atom stereocenters. The molecule has 2 unspecified atom stereocenters. The van der Waals surface area contributed by atoms with Gasteiger partial charge in [-0.15, -0.1) is 0 Å². The summed E-state index contributed by atoms with van der Waals surface area (Å²) in [6.07, 6.45) is 2.57. The summed E-state index contributed by atoms with van der Waals surface area (Å²) in [5.41, 5.74) is 0. The first kappa shape index (κ1) is 7.53. The van der Waals surface area contributed by atoms with Crippen molar-refractivity contribution < 1.29 is 5.11 Å². The van der Waals surface area contributed by atoms with Crippen molar-refractivity contribution in [1.29, 1.82) is 0 Å². The number of piperazine rings is 1. The van der Waals surface area contributed by atoms with Crippen LogP contribution in [0.25, 0.3) is 0 Å². The van der Waals surface area contributed by atoms with E-state index in [1.807, 2.05) is 0 Å². The molecule has 0 aromatic heterocycles. The van der Waals surface area contributed by atoms with Crippen molar-refractivity contribution in [2.24, 2.45) is 0 Å². The third-order valence-electron chi connectivity index (χ3n) is 2.88. The molecule has 0 bridgehead atoms. The molecule has 3 heteroatoms. The predicted octanol–water partition coefficient (Wildman–Crippen LogP) is -0.585. The summed E-state index contributed by atoms with van der Waals surface area (Å²) in [6.45, 7) is 3.74. The summed E-state index contributed by atoms with van der Waals surface area (Å²) >= 11 is 0. The molecule has 2 saturated heterocycles. The largest absolute Gasteiger partial charge is 0.395 e. The van der Waals surface area contributed by atoms with E-state index >= 15 is 0 Å². The van der Waals surface area contributed by atoms with Gasteiger partial charge in [0, 0.05) is 25.2 Å². The number of rotatable bonds is 1. The number of nitrogens with zero attached hydrogens (tertiary/aromatic N) is 1. The van der Waals surface area contributed by atoms with Gasteiger partial charge < -0.3 is 10.4 Å². The molecule has 0 aromatic carbocycles. The molecule has 64 valence electrons. The van der Waals surface area contributed by atoms with Crippen LogP contribution in [-0.2, 0) is 0 Å². The van der Waals surface area contributed by atoms with Crippen LogP contribution >= 0.6 is 0 Å². The number of hydrogen-bond acceptors (Lipinski definition) is 3. The van der Waals surface area contributed by atoms with Gasteiger partial charge in [-0.1, -0.05) is 0 Å². The molecule has 0 aliphatic carbocycles. The zero-order chi connectivity index (χ0) is 7.68. The van der Waals surface area contributed by atoms with E-state index in [-0.39, 0.29) is 0 Å². The Morgan fingerprint density at radius 3 is 3.18 bits per heavy atom. The van der Waals surface area contributed by atoms with Crippen LogP contribution in [0.5, 0.6) is 0 Å². The lowest BCUT2D eigenvalue weighted by Gasteiger charge is -2.36. The highest BCUT2D eigenvalue weighted by Gasteiger charge is 2.33. The van der Waals surface area contributed by atoms with E-state index in [1.165, 1.54) is 25.9 Å². The van der Waals surface area contributed by atoms with Gasteiger partial charge >= 0.3 is 0 Å². The maximum Gasteiger partial charge on any atom is 0.0599 e. The van der Waals surface area contributed by atoms with Crippen molar-refractivity contribution >= 4 is 0 Å². The molecule has 3 nitrogen and oxygen atoms in total. The van der Waals surface area contributed by atoms with Crippen LogP contribution in [-0.4, -0.2) is 48.3 Å². The summed E-state index contributed by atoms with van der Waals surface area (Å²) in [5.74, 6) is 0. The van der Waals surface area contributed by atoms with Crippen LogP contribution < -0.4 is 5.32 Å². The number of nitrogens with one attached hydrogen (secondary N) is 1. The van der Waals surface area contributed by atoms with Gasteiger partial charge in [-0.05, 0) is 19.4 Å². The standard InChI is InChI=1S/C8H16N2O/c11-6-7-8-2-1-4-10(8)5-3-9-7/h7-9,11H,1-6H2. The minimum Gasteiger partial charge on any atom is -0.395 e. The highest BCUT2D eigenvalue weighted by Crippen LogP contribution is 2.21. The Bertz CT molecular complexity index is 140. The highest BCUT2D eigenvalue weighted by molar-refractivity contribution is 4.92. The molecule has 2 rings (SSSR count). The van der Waals surface area contributed by atoms with Crippen molar-refractivity contribution in [3.8, 4) is 0 Å². The lowest BCUT2D eigenvalue weighted by atomic mass is 10.0. The van der Waals surface area contributed by atoms with E-state index in [1.54, 1.807) is 0 Å². The first-order valence-electron chi connectivity index (χ1n) is 4.50. The molecule has 11 heavy (non-hydrogen) atoms. The molecule has 2 fully saturated rings. The molecule has 0 spiro atoms. The summed E-state index contributed by atoms with van der Waals surface area (Å²) in [6, 6.07) is 0.958. The Labute approximate surface area is 67.4 Å². The fourth-order valence-electron chi connectivity index (χ4n) is 2.30. The van der Waals surface area contributed by atoms with Crippen LogP contribution in [0.1, 0.15) is 12.8 Å². The van der Waals surface area contributed by atoms with Crippen molar-refractivity contribution in [2.75, 3.05) is 26.2 Å². The number of aliphatic hydroxyl groups is 1. The SMILES string of the molecule is OCC1NCCN2CCCC12. The lowest BCUT2D eigenvalue weighted by Crippen LogP contribution is -2.56. The van der Waals surface area contributed by atoms with Crippen LogP contribution in [0.4, 0.5) is 0 Å². The zero-order valence-corrected chi connectivity index (χ0v) is 6.79. The van der Waals surface area contributed by atoms with Crippen molar-refractivity contribution in [3.63, 3.8) is 0 Å². The summed E-state index contributed by atoms with van der Waals surface area (Å²) in [7, 11) is 0. The molecule has 2 aliphatic rings. The van der Waals surface area contributed by atoms with Crippen LogP contribution in [0.2, 0.25) is 0 Å². The van der Waals surface area contributed by atoms with Gasteiger partial charge in [-0.2, -0.15) is 0 Å². The van der Waals surface area contributed by atoms with Gasteiger partial charge in [0.2, 0.25) is 0 Å². The fraction of sp³-hybridized carbons (Fsp3) is 1.00. The molecule has 0 amide bonds. The Hall–Kier alpha value is -0.120. The third-order valence-corrected chi connectivity index (χ3v) is 2.88. The average Bonchev–Trinajstić information content (AvgIpc) is 2.50. The summed E-state index contributed by atoms with van der Waals surface area (Å²) in [4.78, 5) is 2.50. The number of aliphatic hydroxyl groups excluding tert-OH is 1. The number of hydrogen-bond donors (Lipinski definition) is 2. The first-order chi connectivity index (χ1) is 5.42. The van der Waals surface area contributed by atoms with E-state index in [0.29, 0.717) is 18.7 Å². The summed E-state index contributed by atoms with van der Waals surface area (Å²) < 4.78 is 0. The molecule has 0 radical (unpaired) electrons. The Morgan fingerprint density at radius 2 is 2.36 bits per heavy atom. The third kappa shape index (κ3) is 1.28. The Balaban J connectivity index is 2.00. The molecule has 2 N–H and O–H groups in total. The quantitative estimate of drug-likeness (QED) is 0.533. The fourth-order valence-corrected chi connectivity index (χ4v) is 2.30. The molecule has 0 aromatic rings. The van der Waals surface area contributed by atoms with Crippen molar-refractivity contribution in [1.82, 2.24) is 10.2 Å². The van der Waals surface area contributed by atoms with Crippen LogP contribution in [0.15, 0.2) is 0 Å².